The van der Waals surface area contributed by atoms with Crippen LogP contribution in [-0.4, -0.2) is 17.6 Å². The van der Waals surface area contributed by atoms with Crippen molar-refractivity contribution in [1.29, 1.82) is 0 Å². The molecule has 1 N–H and O–H groups in total. The first-order valence-corrected chi connectivity index (χ1v) is 6.86. The molecule has 2 aromatic rings. The third-order valence-electron chi connectivity index (χ3n) is 3.33. The highest BCUT2D eigenvalue weighted by Crippen LogP contribution is 2.23. The average molecular weight is 269 g/mol. The van der Waals surface area contributed by atoms with Gasteiger partial charge in [-0.1, -0.05) is 31.2 Å². The van der Waals surface area contributed by atoms with Gasteiger partial charge in [-0.15, -0.1) is 0 Å². The molecule has 0 aliphatic heterocycles. The van der Waals surface area contributed by atoms with Crippen molar-refractivity contribution in [1.82, 2.24) is 0 Å². The first-order chi connectivity index (χ1) is 9.67. The highest BCUT2D eigenvalue weighted by atomic mass is 16.3. The molecule has 0 radical (unpaired) electrons. The minimum absolute atomic E-state index is 0.0319. The summed E-state index contributed by atoms with van der Waals surface area (Å²) < 4.78 is 0. The number of nitrogens with zero attached hydrogens (tertiary/aromatic N) is 1. The van der Waals surface area contributed by atoms with Crippen LogP contribution in [0.15, 0.2) is 48.5 Å². The molecule has 0 heterocycles. The van der Waals surface area contributed by atoms with Gasteiger partial charge >= 0.3 is 0 Å². The molecular weight excluding hydrogens is 250 g/mol. The number of hydrogen-bond acceptors (Lipinski definition) is 2. The quantitative estimate of drug-likeness (QED) is 0.921. The zero-order chi connectivity index (χ0) is 14.5. The molecule has 0 saturated heterocycles. The normalized spacial score (nSPS) is 10.3. The number of aryl methyl sites for hydroxylation is 1. The van der Waals surface area contributed by atoms with E-state index in [2.05, 4.69) is 0 Å². The second-order valence-corrected chi connectivity index (χ2v) is 4.58. The van der Waals surface area contributed by atoms with Gasteiger partial charge in [-0.2, -0.15) is 0 Å². The summed E-state index contributed by atoms with van der Waals surface area (Å²) in [6.45, 7) is 4.52. The van der Waals surface area contributed by atoms with E-state index in [1.807, 2.05) is 44.2 Å². The number of anilines is 1. The van der Waals surface area contributed by atoms with E-state index in [-0.39, 0.29) is 11.7 Å². The Morgan fingerprint density at radius 3 is 2.50 bits per heavy atom. The highest BCUT2D eigenvalue weighted by Gasteiger charge is 2.18. The molecule has 2 aromatic carbocycles. The first-order valence-electron chi connectivity index (χ1n) is 6.86. The van der Waals surface area contributed by atoms with E-state index < -0.39 is 0 Å². The van der Waals surface area contributed by atoms with Crippen molar-refractivity contribution in [3.05, 3.63) is 59.7 Å². The Bertz CT molecular complexity index is 607. The van der Waals surface area contributed by atoms with Crippen molar-refractivity contribution in [3.8, 4) is 5.75 Å². The van der Waals surface area contributed by atoms with Crippen LogP contribution < -0.4 is 4.90 Å². The van der Waals surface area contributed by atoms with Gasteiger partial charge in [-0.25, -0.2) is 0 Å². The second-order valence-electron chi connectivity index (χ2n) is 4.58. The van der Waals surface area contributed by atoms with E-state index in [4.69, 9.17) is 0 Å². The molecule has 0 bridgehead atoms. The summed E-state index contributed by atoms with van der Waals surface area (Å²) in [7, 11) is 0. The van der Waals surface area contributed by atoms with Crippen molar-refractivity contribution in [2.75, 3.05) is 11.4 Å². The molecule has 2 rings (SSSR count). The molecule has 0 saturated carbocycles. The Hall–Kier alpha value is -2.29. The lowest BCUT2D eigenvalue weighted by molar-refractivity contribution is 0.0987. The molecule has 20 heavy (non-hydrogen) atoms. The van der Waals surface area contributed by atoms with Gasteiger partial charge in [0.2, 0.25) is 0 Å². The van der Waals surface area contributed by atoms with Crippen molar-refractivity contribution in [2.24, 2.45) is 0 Å². The average Bonchev–Trinajstić information content (AvgIpc) is 2.48. The van der Waals surface area contributed by atoms with Crippen LogP contribution in [0.4, 0.5) is 5.69 Å². The number of amides is 1. The van der Waals surface area contributed by atoms with Crippen LogP contribution in [-0.2, 0) is 6.42 Å². The number of aromatic hydroxyl groups is 1. The molecule has 0 atom stereocenters. The maximum Gasteiger partial charge on any atom is 0.258 e. The number of phenolic OH excluding ortho intramolecular Hbond substituents is 1. The Kier molecular flexibility index (Phi) is 4.41. The van der Waals surface area contributed by atoms with Gasteiger partial charge in [0.25, 0.3) is 5.91 Å². The largest absolute Gasteiger partial charge is 0.508 e. The fourth-order valence-electron chi connectivity index (χ4n) is 2.29. The number of rotatable bonds is 4. The van der Waals surface area contributed by atoms with Gasteiger partial charge in [0.15, 0.2) is 0 Å². The summed E-state index contributed by atoms with van der Waals surface area (Å²) in [4.78, 5) is 14.4. The van der Waals surface area contributed by atoms with E-state index in [0.717, 1.165) is 17.5 Å². The number of carbonyl (C=O) groups excluding carboxylic acids is 1. The molecule has 0 unspecified atom stereocenters. The Labute approximate surface area is 119 Å². The maximum atomic E-state index is 12.7. The van der Waals surface area contributed by atoms with Crippen molar-refractivity contribution in [2.45, 2.75) is 20.3 Å². The monoisotopic (exact) mass is 269 g/mol. The molecule has 3 heteroatoms. The number of benzene rings is 2. The third-order valence-corrected chi connectivity index (χ3v) is 3.33. The van der Waals surface area contributed by atoms with Gasteiger partial charge in [0.1, 0.15) is 5.75 Å². The Morgan fingerprint density at radius 2 is 1.85 bits per heavy atom. The van der Waals surface area contributed by atoms with Crippen molar-refractivity contribution in [3.63, 3.8) is 0 Å². The zero-order valence-electron chi connectivity index (χ0n) is 11.8. The predicted octanol–water partition coefficient (Wildman–Crippen LogP) is 3.62. The van der Waals surface area contributed by atoms with Gasteiger partial charge in [0.05, 0.1) is 0 Å². The second kappa shape index (κ2) is 6.24. The highest BCUT2D eigenvalue weighted by molar-refractivity contribution is 6.07. The number of phenols is 1. The molecule has 0 aliphatic carbocycles. The van der Waals surface area contributed by atoms with E-state index in [1.165, 1.54) is 0 Å². The van der Waals surface area contributed by atoms with Gasteiger partial charge < -0.3 is 10.0 Å². The van der Waals surface area contributed by atoms with Crippen LogP contribution in [0.25, 0.3) is 0 Å². The van der Waals surface area contributed by atoms with Crippen LogP contribution in [0.5, 0.6) is 5.75 Å². The van der Waals surface area contributed by atoms with Gasteiger partial charge in [-0.05, 0) is 37.1 Å². The molecule has 104 valence electrons. The van der Waals surface area contributed by atoms with E-state index in [1.54, 1.807) is 23.1 Å². The zero-order valence-corrected chi connectivity index (χ0v) is 11.8. The summed E-state index contributed by atoms with van der Waals surface area (Å²) in [5, 5.41) is 9.57. The van der Waals surface area contributed by atoms with Crippen molar-refractivity contribution >= 4 is 11.6 Å². The summed E-state index contributed by atoms with van der Waals surface area (Å²) in [6, 6.07) is 14.4. The lowest BCUT2D eigenvalue weighted by Crippen LogP contribution is -2.31. The van der Waals surface area contributed by atoms with Crippen LogP contribution in [0.3, 0.4) is 0 Å². The lowest BCUT2D eigenvalue weighted by Gasteiger charge is -2.22. The van der Waals surface area contributed by atoms with Gasteiger partial charge in [-0.3, -0.25) is 4.79 Å². The topological polar surface area (TPSA) is 40.5 Å². The third kappa shape index (κ3) is 2.82. The molecule has 0 aromatic heterocycles. The Balaban J connectivity index is 2.39. The summed E-state index contributed by atoms with van der Waals surface area (Å²) in [6.07, 6.45) is 0.819. The molecule has 3 nitrogen and oxygen atoms in total. The summed E-state index contributed by atoms with van der Waals surface area (Å²) in [5.41, 5.74) is 2.47. The smallest absolute Gasteiger partial charge is 0.258 e. The SMILES string of the molecule is CCc1ccccc1C(=O)N(CC)c1cccc(O)c1. The van der Waals surface area contributed by atoms with Crippen LogP contribution in [0, 0.1) is 0 Å². The molecule has 1 amide bonds. The standard InChI is InChI=1S/C17H19NO2/c1-3-13-8-5-6-11-16(13)17(20)18(4-2)14-9-7-10-15(19)12-14/h5-12,19H,3-4H2,1-2H3. The lowest BCUT2D eigenvalue weighted by atomic mass is 10.0. The fraction of sp³-hybridized carbons (Fsp3) is 0.235. The number of hydrogen-bond donors (Lipinski definition) is 1. The summed E-state index contributed by atoms with van der Waals surface area (Å²) >= 11 is 0. The maximum absolute atomic E-state index is 12.7. The molecule has 0 spiro atoms. The predicted molar refractivity (Wildman–Crippen MR) is 81.3 cm³/mol. The van der Waals surface area contributed by atoms with E-state index >= 15 is 0 Å². The van der Waals surface area contributed by atoms with Crippen LogP contribution in [0.1, 0.15) is 29.8 Å². The molecular formula is C17H19NO2. The first kappa shape index (κ1) is 14.1. The van der Waals surface area contributed by atoms with Crippen molar-refractivity contribution < 1.29 is 9.90 Å². The van der Waals surface area contributed by atoms with E-state index in [9.17, 15) is 9.90 Å². The number of carbonyl (C=O) groups is 1. The van der Waals surface area contributed by atoms with Crippen LogP contribution in [0.2, 0.25) is 0 Å². The molecule has 0 aliphatic rings. The minimum atomic E-state index is -0.0319. The molecule has 0 fully saturated rings. The minimum Gasteiger partial charge on any atom is -0.508 e. The van der Waals surface area contributed by atoms with Gasteiger partial charge in [0, 0.05) is 23.9 Å². The van der Waals surface area contributed by atoms with E-state index in [0.29, 0.717) is 12.2 Å². The summed E-state index contributed by atoms with van der Waals surface area (Å²) in [5.74, 6) is 0.132. The van der Waals surface area contributed by atoms with Crippen LogP contribution >= 0.6 is 0 Å². The fourth-order valence-corrected chi connectivity index (χ4v) is 2.29. The Morgan fingerprint density at radius 1 is 1.10 bits per heavy atom.